The van der Waals surface area contributed by atoms with Crippen molar-refractivity contribution in [3.05, 3.63) is 47.7 Å². The van der Waals surface area contributed by atoms with Gasteiger partial charge in [-0.25, -0.2) is 0 Å². The summed E-state index contributed by atoms with van der Waals surface area (Å²) in [5.74, 6) is 0.798. The number of Topliss-reactive ketones (excluding diaryl/α,β-unsaturated/α-hetero) is 1. The highest BCUT2D eigenvalue weighted by Gasteiger charge is 2.40. The van der Waals surface area contributed by atoms with Crippen molar-refractivity contribution in [1.29, 1.82) is 0 Å². The molecule has 1 heterocycles. The number of fused-ring (bicyclic) bond motifs is 1. The third-order valence-corrected chi connectivity index (χ3v) is 5.54. The van der Waals surface area contributed by atoms with Crippen molar-refractivity contribution in [1.82, 2.24) is 0 Å². The number of benzene rings is 1. The molecule has 3 aliphatic rings. The Morgan fingerprint density at radius 3 is 2.62 bits per heavy atom. The minimum absolute atomic E-state index is 0.0270. The maximum absolute atomic E-state index is 13.0. The van der Waals surface area contributed by atoms with Gasteiger partial charge in [0, 0.05) is 17.7 Å². The molecule has 2 atom stereocenters. The van der Waals surface area contributed by atoms with Gasteiger partial charge in [-0.15, -0.1) is 0 Å². The monoisotopic (exact) mass is 322 g/mol. The summed E-state index contributed by atoms with van der Waals surface area (Å²) < 4.78 is 0. The van der Waals surface area contributed by atoms with Crippen LogP contribution >= 0.6 is 0 Å². The first-order chi connectivity index (χ1) is 11.5. The number of allylic oxidation sites excluding steroid dienone is 3. The average molecular weight is 322 g/mol. The van der Waals surface area contributed by atoms with E-state index in [0.717, 1.165) is 48.3 Å². The van der Waals surface area contributed by atoms with Crippen LogP contribution in [0.2, 0.25) is 0 Å². The average Bonchev–Trinajstić information content (AvgIpc) is 2.70. The van der Waals surface area contributed by atoms with Crippen LogP contribution in [0.25, 0.3) is 0 Å². The van der Waals surface area contributed by atoms with Crippen molar-refractivity contribution in [2.75, 3.05) is 10.6 Å². The standard InChI is InChI=1S/C21H26N2O/c1-21(2)12-17-19(18(24)13-21)20(14-8-4-3-5-9-14)23-16-11-7-6-10-15(16)22-17/h3-4,6-7,10-11,14,20,22-23H,5,8-9,12-13H2,1-2H3. The van der Waals surface area contributed by atoms with Gasteiger partial charge in [0.25, 0.3) is 0 Å². The number of anilines is 2. The molecule has 4 rings (SSSR count). The van der Waals surface area contributed by atoms with Crippen LogP contribution in [0.5, 0.6) is 0 Å². The first-order valence-corrected chi connectivity index (χ1v) is 9.07. The SMILES string of the molecule is CC1(C)CC(=O)C2=C(C1)Nc1ccccc1NC2C1CC=CCC1. The molecule has 126 valence electrons. The van der Waals surface area contributed by atoms with E-state index in [4.69, 9.17) is 0 Å². The number of rotatable bonds is 1. The summed E-state index contributed by atoms with van der Waals surface area (Å²) in [7, 11) is 0. The van der Waals surface area contributed by atoms with E-state index in [9.17, 15) is 4.79 Å². The molecule has 0 aromatic heterocycles. The summed E-state index contributed by atoms with van der Waals surface area (Å²) in [4.78, 5) is 13.0. The Balaban J connectivity index is 1.80. The zero-order valence-corrected chi connectivity index (χ0v) is 14.6. The number of hydrogen-bond donors (Lipinski definition) is 2. The molecule has 2 unspecified atom stereocenters. The number of carbonyl (C=O) groups is 1. The van der Waals surface area contributed by atoms with Crippen LogP contribution in [0.1, 0.15) is 46.0 Å². The molecule has 0 saturated carbocycles. The first kappa shape index (κ1) is 15.5. The Hall–Kier alpha value is -2.03. The van der Waals surface area contributed by atoms with E-state index in [1.165, 1.54) is 0 Å². The van der Waals surface area contributed by atoms with Gasteiger partial charge >= 0.3 is 0 Å². The Labute approximate surface area is 144 Å². The van der Waals surface area contributed by atoms with Crippen molar-refractivity contribution in [3.63, 3.8) is 0 Å². The highest BCUT2D eigenvalue weighted by molar-refractivity contribution is 6.00. The molecule has 0 bridgehead atoms. The molecule has 3 nitrogen and oxygen atoms in total. The van der Waals surface area contributed by atoms with Crippen molar-refractivity contribution in [3.8, 4) is 0 Å². The van der Waals surface area contributed by atoms with Crippen LogP contribution in [-0.4, -0.2) is 11.8 Å². The Morgan fingerprint density at radius 1 is 1.08 bits per heavy atom. The van der Waals surface area contributed by atoms with Crippen LogP contribution in [-0.2, 0) is 4.79 Å². The summed E-state index contributed by atoms with van der Waals surface area (Å²) in [5.41, 5.74) is 4.36. The Kier molecular flexibility index (Phi) is 3.75. The molecule has 1 aromatic carbocycles. The molecule has 24 heavy (non-hydrogen) atoms. The van der Waals surface area contributed by atoms with Crippen LogP contribution in [0.3, 0.4) is 0 Å². The number of ketones is 1. The van der Waals surface area contributed by atoms with Gasteiger partial charge in [-0.1, -0.05) is 38.1 Å². The summed E-state index contributed by atoms with van der Waals surface area (Å²) in [6, 6.07) is 8.43. The number of para-hydroxylation sites is 2. The lowest BCUT2D eigenvalue weighted by Crippen LogP contribution is -2.39. The fourth-order valence-electron chi connectivity index (χ4n) is 4.40. The molecule has 0 saturated heterocycles. The minimum Gasteiger partial charge on any atom is -0.376 e. The maximum Gasteiger partial charge on any atom is 0.163 e. The molecule has 0 amide bonds. The van der Waals surface area contributed by atoms with E-state index < -0.39 is 0 Å². The van der Waals surface area contributed by atoms with Gasteiger partial charge in [-0.05, 0) is 49.1 Å². The van der Waals surface area contributed by atoms with Crippen molar-refractivity contribution < 1.29 is 4.79 Å². The Bertz CT molecular complexity index is 729. The van der Waals surface area contributed by atoms with Crippen LogP contribution in [0, 0.1) is 11.3 Å². The molecule has 1 aromatic rings. The number of nitrogens with one attached hydrogen (secondary N) is 2. The molecular weight excluding hydrogens is 296 g/mol. The summed E-state index contributed by atoms with van der Waals surface area (Å²) in [5, 5.41) is 7.31. The quantitative estimate of drug-likeness (QED) is 0.723. The van der Waals surface area contributed by atoms with Crippen LogP contribution in [0.15, 0.2) is 47.7 Å². The molecule has 2 N–H and O–H groups in total. The fraction of sp³-hybridized carbons (Fsp3) is 0.476. The van der Waals surface area contributed by atoms with Gasteiger partial charge in [-0.2, -0.15) is 0 Å². The van der Waals surface area contributed by atoms with E-state index >= 15 is 0 Å². The molecule has 2 aliphatic carbocycles. The van der Waals surface area contributed by atoms with Crippen LogP contribution in [0.4, 0.5) is 11.4 Å². The number of carbonyl (C=O) groups excluding carboxylic acids is 1. The van der Waals surface area contributed by atoms with E-state index in [2.05, 4.69) is 54.8 Å². The largest absolute Gasteiger partial charge is 0.376 e. The predicted octanol–water partition coefficient (Wildman–Crippen LogP) is 4.89. The maximum atomic E-state index is 13.0. The third-order valence-electron chi connectivity index (χ3n) is 5.54. The van der Waals surface area contributed by atoms with Crippen molar-refractivity contribution in [2.24, 2.45) is 11.3 Å². The molecule has 0 radical (unpaired) electrons. The molecule has 1 aliphatic heterocycles. The van der Waals surface area contributed by atoms with Crippen molar-refractivity contribution in [2.45, 2.75) is 52.0 Å². The van der Waals surface area contributed by atoms with Gasteiger partial charge in [-0.3, -0.25) is 4.79 Å². The van der Waals surface area contributed by atoms with Gasteiger partial charge in [0.15, 0.2) is 5.78 Å². The summed E-state index contributed by atoms with van der Waals surface area (Å²) >= 11 is 0. The van der Waals surface area contributed by atoms with E-state index in [-0.39, 0.29) is 11.5 Å². The number of hydrogen-bond acceptors (Lipinski definition) is 3. The van der Waals surface area contributed by atoms with E-state index in [1.807, 2.05) is 6.07 Å². The lowest BCUT2D eigenvalue weighted by atomic mass is 9.71. The zero-order chi connectivity index (χ0) is 16.7. The summed E-state index contributed by atoms with van der Waals surface area (Å²) in [6.45, 7) is 4.39. The van der Waals surface area contributed by atoms with Gasteiger partial charge in [0.1, 0.15) is 0 Å². The molecule has 0 spiro atoms. The van der Waals surface area contributed by atoms with Crippen LogP contribution < -0.4 is 10.6 Å². The lowest BCUT2D eigenvalue weighted by molar-refractivity contribution is -0.118. The first-order valence-electron chi connectivity index (χ1n) is 9.07. The fourth-order valence-corrected chi connectivity index (χ4v) is 4.40. The predicted molar refractivity (Wildman–Crippen MR) is 99.0 cm³/mol. The van der Waals surface area contributed by atoms with Gasteiger partial charge in [0.2, 0.25) is 0 Å². The smallest absolute Gasteiger partial charge is 0.163 e. The van der Waals surface area contributed by atoms with Gasteiger partial charge < -0.3 is 10.6 Å². The van der Waals surface area contributed by atoms with Gasteiger partial charge in [0.05, 0.1) is 17.4 Å². The highest BCUT2D eigenvalue weighted by Crippen LogP contribution is 2.44. The molecular formula is C21H26N2O. The van der Waals surface area contributed by atoms with E-state index in [0.29, 0.717) is 18.1 Å². The summed E-state index contributed by atoms with van der Waals surface area (Å²) in [6.07, 6.45) is 9.42. The second-order valence-electron chi connectivity index (χ2n) is 8.17. The third kappa shape index (κ3) is 2.77. The molecule has 3 heteroatoms. The normalized spacial score (nSPS) is 28.3. The highest BCUT2D eigenvalue weighted by atomic mass is 16.1. The zero-order valence-electron chi connectivity index (χ0n) is 14.6. The second kappa shape index (κ2) is 5.80. The topological polar surface area (TPSA) is 41.1 Å². The van der Waals surface area contributed by atoms with E-state index in [1.54, 1.807) is 0 Å². The molecule has 0 fully saturated rings. The second-order valence-corrected chi connectivity index (χ2v) is 8.17. The van der Waals surface area contributed by atoms with Crippen molar-refractivity contribution >= 4 is 17.2 Å². The minimum atomic E-state index is 0.0270. The Morgan fingerprint density at radius 2 is 1.88 bits per heavy atom. The lowest BCUT2D eigenvalue weighted by Gasteiger charge is -2.37.